The fourth-order valence-corrected chi connectivity index (χ4v) is 9.24. The second-order valence-electron chi connectivity index (χ2n) is 16.2. The molecule has 0 bridgehead atoms. The highest BCUT2D eigenvalue weighted by molar-refractivity contribution is 5.92. The number of anilines is 6. The normalized spacial score (nSPS) is 14.3. The molecule has 270 valence electrons. The molecule has 8 aromatic rings. The van der Waals surface area contributed by atoms with Gasteiger partial charge in [-0.25, -0.2) is 0 Å². The fourth-order valence-electron chi connectivity index (χ4n) is 9.24. The van der Waals surface area contributed by atoms with Crippen molar-refractivity contribution in [2.45, 2.75) is 38.5 Å². The molecule has 2 heteroatoms. The number of fused-ring (bicyclic) bond motifs is 5. The SMILES string of the molecule is CC1(C)c2ccccc2-c2ccc(N3c4ccc(-c5ccccc5)cc4C(C)(C)c4cc(N(c5ccccc5)c5ccc(-c6ccccc6)cc5)ccc43)cc21. The molecule has 0 spiro atoms. The molecule has 0 aromatic heterocycles. The summed E-state index contributed by atoms with van der Waals surface area (Å²) in [5.41, 5.74) is 19.5. The summed E-state index contributed by atoms with van der Waals surface area (Å²) in [5.74, 6) is 0. The first kappa shape index (κ1) is 33.9. The van der Waals surface area contributed by atoms with Crippen LogP contribution in [-0.4, -0.2) is 0 Å². The largest absolute Gasteiger partial charge is 0.310 e. The van der Waals surface area contributed by atoms with Crippen molar-refractivity contribution in [1.82, 2.24) is 0 Å². The molecule has 56 heavy (non-hydrogen) atoms. The quantitative estimate of drug-likeness (QED) is 0.169. The van der Waals surface area contributed by atoms with E-state index in [0.717, 1.165) is 17.1 Å². The Bertz CT molecular complexity index is 2730. The molecule has 0 radical (unpaired) electrons. The van der Waals surface area contributed by atoms with Gasteiger partial charge in [0.25, 0.3) is 0 Å². The number of hydrogen-bond acceptors (Lipinski definition) is 2. The van der Waals surface area contributed by atoms with E-state index < -0.39 is 0 Å². The molecule has 0 saturated carbocycles. The summed E-state index contributed by atoms with van der Waals surface area (Å²) < 4.78 is 0. The van der Waals surface area contributed by atoms with Crippen molar-refractivity contribution in [3.05, 3.63) is 216 Å². The topological polar surface area (TPSA) is 6.48 Å². The van der Waals surface area contributed by atoms with Gasteiger partial charge in [-0.3, -0.25) is 0 Å². The Balaban J connectivity index is 1.16. The van der Waals surface area contributed by atoms with Crippen LogP contribution >= 0.6 is 0 Å². The van der Waals surface area contributed by atoms with Crippen molar-refractivity contribution in [3.63, 3.8) is 0 Å². The van der Waals surface area contributed by atoms with Crippen molar-refractivity contribution in [1.29, 1.82) is 0 Å². The van der Waals surface area contributed by atoms with Crippen LogP contribution in [0.1, 0.15) is 49.9 Å². The van der Waals surface area contributed by atoms with Crippen molar-refractivity contribution >= 4 is 34.1 Å². The third-order valence-electron chi connectivity index (χ3n) is 12.2. The van der Waals surface area contributed by atoms with Crippen LogP contribution in [0.3, 0.4) is 0 Å². The Morgan fingerprint density at radius 2 is 0.821 bits per heavy atom. The lowest BCUT2D eigenvalue weighted by Gasteiger charge is -2.43. The van der Waals surface area contributed by atoms with Crippen LogP contribution in [0.2, 0.25) is 0 Å². The maximum atomic E-state index is 2.51. The molecule has 0 fully saturated rings. The zero-order valence-corrected chi connectivity index (χ0v) is 32.4. The molecular formula is C54H44N2. The zero-order valence-electron chi connectivity index (χ0n) is 32.4. The summed E-state index contributed by atoms with van der Waals surface area (Å²) in [6, 6.07) is 71.3. The van der Waals surface area contributed by atoms with Crippen LogP contribution in [0, 0.1) is 0 Å². The molecule has 1 heterocycles. The second-order valence-corrected chi connectivity index (χ2v) is 16.2. The Morgan fingerprint density at radius 1 is 0.339 bits per heavy atom. The van der Waals surface area contributed by atoms with E-state index in [1.54, 1.807) is 0 Å². The molecule has 2 nitrogen and oxygen atoms in total. The van der Waals surface area contributed by atoms with Crippen LogP contribution in [0.15, 0.2) is 194 Å². The van der Waals surface area contributed by atoms with E-state index in [1.807, 2.05) is 0 Å². The lowest BCUT2D eigenvalue weighted by molar-refractivity contribution is 0.632. The Hall–Kier alpha value is -6.64. The first-order chi connectivity index (χ1) is 27.3. The minimum atomic E-state index is -0.298. The smallest absolute Gasteiger partial charge is 0.0504 e. The molecule has 1 aliphatic carbocycles. The van der Waals surface area contributed by atoms with Crippen LogP contribution in [0.25, 0.3) is 33.4 Å². The van der Waals surface area contributed by atoms with E-state index in [-0.39, 0.29) is 10.8 Å². The lowest BCUT2D eigenvalue weighted by Crippen LogP contribution is -2.31. The average molecular weight is 721 g/mol. The molecule has 2 aliphatic rings. The molecule has 0 saturated heterocycles. The molecular weight excluding hydrogens is 677 g/mol. The summed E-state index contributed by atoms with van der Waals surface area (Å²) in [7, 11) is 0. The maximum Gasteiger partial charge on any atom is 0.0504 e. The minimum Gasteiger partial charge on any atom is -0.310 e. The zero-order chi connectivity index (χ0) is 38.0. The van der Waals surface area contributed by atoms with Gasteiger partial charge in [0, 0.05) is 33.6 Å². The van der Waals surface area contributed by atoms with Gasteiger partial charge >= 0.3 is 0 Å². The average Bonchev–Trinajstić information content (AvgIpc) is 3.48. The van der Waals surface area contributed by atoms with Gasteiger partial charge in [0.2, 0.25) is 0 Å². The number of nitrogens with zero attached hydrogens (tertiary/aromatic N) is 2. The third-order valence-corrected chi connectivity index (χ3v) is 12.2. The van der Waals surface area contributed by atoms with E-state index in [0.29, 0.717) is 0 Å². The van der Waals surface area contributed by atoms with Crippen molar-refractivity contribution in [2.75, 3.05) is 9.80 Å². The minimum absolute atomic E-state index is 0.101. The highest BCUT2D eigenvalue weighted by Crippen LogP contribution is 2.56. The maximum absolute atomic E-state index is 2.51. The van der Waals surface area contributed by atoms with Gasteiger partial charge in [0.05, 0.1) is 11.4 Å². The summed E-state index contributed by atoms with van der Waals surface area (Å²) in [4.78, 5) is 4.90. The van der Waals surface area contributed by atoms with Gasteiger partial charge in [-0.2, -0.15) is 0 Å². The van der Waals surface area contributed by atoms with Crippen molar-refractivity contribution in [2.24, 2.45) is 0 Å². The van der Waals surface area contributed by atoms with Gasteiger partial charge in [-0.05, 0) is 122 Å². The standard InChI is InChI=1S/C54H44N2/c1-53(2)47-23-15-14-22-45(47)46-31-29-44(35-48(46)53)56-51-32-26-40(38-18-10-6-11-19-38)34-49(51)54(3,4)50-36-43(30-33-52(50)56)55(41-20-12-7-13-21-41)42-27-24-39(25-28-42)37-16-8-5-9-17-37/h5-36H,1-4H3. The van der Waals surface area contributed by atoms with Gasteiger partial charge in [-0.15, -0.1) is 0 Å². The van der Waals surface area contributed by atoms with Gasteiger partial charge in [-0.1, -0.05) is 155 Å². The fraction of sp³-hybridized carbons (Fsp3) is 0.111. The number of benzene rings is 8. The van der Waals surface area contributed by atoms with Gasteiger partial charge in [0.1, 0.15) is 0 Å². The van der Waals surface area contributed by atoms with Gasteiger partial charge < -0.3 is 9.80 Å². The molecule has 8 aromatic carbocycles. The molecule has 0 atom stereocenters. The summed E-state index contributed by atoms with van der Waals surface area (Å²) in [6.07, 6.45) is 0. The van der Waals surface area contributed by atoms with E-state index in [4.69, 9.17) is 0 Å². The first-order valence-corrected chi connectivity index (χ1v) is 19.7. The van der Waals surface area contributed by atoms with E-state index >= 15 is 0 Å². The third kappa shape index (κ3) is 5.39. The Kier molecular flexibility index (Phi) is 7.87. The lowest BCUT2D eigenvalue weighted by atomic mass is 9.72. The Morgan fingerprint density at radius 3 is 1.52 bits per heavy atom. The van der Waals surface area contributed by atoms with E-state index in [9.17, 15) is 0 Å². The molecule has 0 unspecified atom stereocenters. The number of para-hydroxylation sites is 1. The molecule has 1 aliphatic heterocycles. The highest BCUT2D eigenvalue weighted by atomic mass is 15.2. The highest BCUT2D eigenvalue weighted by Gasteiger charge is 2.40. The molecule has 0 amide bonds. The summed E-state index contributed by atoms with van der Waals surface area (Å²) in [6.45, 7) is 9.52. The van der Waals surface area contributed by atoms with Gasteiger partial charge in [0.15, 0.2) is 0 Å². The van der Waals surface area contributed by atoms with Crippen LogP contribution in [-0.2, 0) is 10.8 Å². The molecule has 10 rings (SSSR count). The van der Waals surface area contributed by atoms with Crippen LogP contribution in [0.5, 0.6) is 0 Å². The predicted molar refractivity (Wildman–Crippen MR) is 236 cm³/mol. The predicted octanol–water partition coefficient (Wildman–Crippen LogP) is 14.9. The van der Waals surface area contributed by atoms with Crippen LogP contribution < -0.4 is 9.80 Å². The van der Waals surface area contributed by atoms with E-state index in [1.165, 1.54) is 72.7 Å². The van der Waals surface area contributed by atoms with Crippen molar-refractivity contribution in [3.8, 4) is 33.4 Å². The number of hydrogen-bond donors (Lipinski definition) is 0. The van der Waals surface area contributed by atoms with Crippen LogP contribution in [0.4, 0.5) is 34.1 Å². The second kappa shape index (κ2) is 13.0. The first-order valence-electron chi connectivity index (χ1n) is 19.7. The summed E-state index contributed by atoms with van der Waals surface area (Å²) >= 11 is 0. The number of rotatable bonds is 6. The van der Waals surface area contributed by atoms with Crippen molar-refractivity contribution < 1.29 is 0 Å². The monoisotopic (exact) mass is 720 g/mol. The Labute approximate surface area is 331 Å². The summed E-state index contributed by atoms with van der Waals surface area (Å²) in [5, 5.41) is 0. The molecule has 0 N–H and O–H groups in total. The van der Waals surface area contributed by atoms with E-state index in [2.05, 4.69) is 232 Å².